The van der Waals surface area contributed by atoms with Crippen molar-refractivity contribution in [3.8, 4) is 5.75 Å². The van der Waals surface area contributed by atoms with Crippen LogP contribution in [-0.4, -0.2) is 7.11 Å². The van der Waals surface area contributed by atoms with E-state index >= 15 is 0 Å². The van der Waals surface area contributed by atoms with E-state index in [4.69, 9.17) is 4.74 Å². The van der Waals surface area contributed by atoms with Crippen molar-refractivity contribution in [2.45, 2.75) is 0 Å². The molecule has 0 N–H and O–H groups in total. The Morgan fingerprint density at radius 3 is 2.64 bits per heavy atom. The van der Waals surface area contributed by atoms with E-state index in [0.29, 0.717) is 0 Å². The Labute approximate surface area is 95.9 Å². The summed E-state index contributed by atoms with van der Waals surface area (Å²) in [4.78, 5) is 0. The minimum absolute atomic E-state index is 0.754. The summed E-state index contributed by atoms with van der Waals surface area (Å²) in [7, 11) is 1.62. The molecule has 56 valence electrons. The Morgan fingerprint density at radius 2 is 2.27 bits per heavy atom. The molecule has 0 spiro atoms. The van der Waals surface area contributed by atoms with Gasteiger partial charge in [-0.05, 0) is 0 Å². The average molecular weight is 378 g/mol. The summed E-state index contributed by atoms with van der Waals surface area (Å²) in [6.45, 7) is 0. The van der Waals surface area contributed by atoms with Crippen LogP contribution in [0.4, 0.5) is 0 Å². The maximum absolute atomic E-state index is 4.91. The molecule has 0 unspecified atom stereocenters. The van der Waals surface area contributed by atoms with Crippen LogP contribution in [0, 0.1) is 6.07 Å². The quantitative estimate of drug-likeness (QED) is 0.415. The Balaban J connectivity index is 0.000000461. The van der Waals surface area contributed by atoms with Crippen molar-refractivity contribution in [1.29, 1.82) is 0 Å². The van der Waals surface area contributed by atoms with Crippen LogP contribution in [0.15, 0.2) is 22.7 Å². The van der Waals surface area contributed by atoms with Crippen LogP contribution < -0.4 is 4.74 Å². The third-order valence-corrected chi connectivity index (χ3v) is 1.45. The van der Waals surface area contributed by atoms with Crippen LogP contribution in [0.25, 0.3) is 0 Å². The summed E-state index contributed by atoms with van der Waals surface area (Å²) in [5.41, 5.74) is 0. The van der Waals surface area contributed by atoms with Crippen molar-refractivity contribution in [2.24, 2.45) is 0 Å². The van der Waals surface area contributed by atoms with E-state index in [9.17, 15) is 0 Å². The monoisotopic (exact) mass is 376 g/mol. The van der Waals surface area contributed by atoms with Crippen molar-refractivity contribution >= 4 is 35.7 Å². The van der Waals surface area contributed by atoms with Crippen molar-refractivity contribution in [3.63, 3.8) is 0 Å². The molecule has 0 saturated heterocycles. The molecule has 0 fully saturated rings. The Bertz CT molecular complexity index is 207. The van der Waals surface area contributed by atoms with Gasteiger partial charge in [-0.1, -0.05) is 20.4 Å². The van der Waals surface area contributed by atoms with Crippen molar-refractivity contribution in [2.75, 3.05) is 7.11 Å². The molecule has 0 atom stereocenters. The van der Waals surface area contributed by atoms with Gasteiger partial charge < -0.3 is 4.74 Å². The molecule has 1 aromatic carbocycles. The molecule has 11 heavy (non-hydrogen) atoms. The van der Waals surface area contributed by atoms with Gasteiger partial charge in [0.15, 0.2) is 0 Å². The fraction of sp³-hybridized carbons (Fsp3) is 0.143. The molecule has 0 aliphatic rings. The van der Waals surface area contributed by atoms with Gasteiger partial charge >= 0.3 is 34.5 Å². The Hall–Kier alpha value is 0.853. The van der Waals surface area contributed by atoms with Crippen LogP contribution in [-0.2, 0) is 14.8 Å². The summed E-state index contributed by atoms with van der Waals surface area (Å²) in [5, 5.41) is 0. The number of halogens is 2. The first-order valence-corrected chi connectivity index (χ1v) is 12.6. The molecular weight excluding hydrogens is 372 g/mol. The zero-order valence-corrected chi connectivity index (χ0v) is 12.8. The van der Waals surface area contributed by atoms with Gasteiger partial charge in [0.2, 0.25) is 0 Å². The molecule has 0 amide bonds. The van der Waals surface area contributed by atoms with E-state index in [-0.39, 0.29) is 0 Å². The number of ether oxygens (including phenoxy) is 1. The molecule has 0 aromatic heterocycles. The number of rotatable bonds is 1. The first-order chi connectivity index (χ1) is 5.33. The molecule has 1 aromatic rings. The molecule has 1 nitrogen and oxygen atoms in total. The van der Waals surface area contributed by atoms with Crippen molar-refractivity contribution in [3.05, 3.63) is 28.7 Å². The molecular formula is C7H6BrIOZn. The number of benzene rings is 1. The SMILES string of the molecule is COc1[c-]ccc(Br)c1.[Zn+][I]. The summed E-state index contributed by atoms with van der Waals surface area (Å²) in [6.07, 6.45) is 0. The predicted octanol–water partition coefficient (Wildman–Crippen LogP) is 3.14. The van der Waals surface area contributed by atoms with Crippen molar-refractivity contribution < 1.29 is 19.5 Å². The molecule has 4 heteroatoms. The second kappa shape index (κ2) is 7.50. The second-order valence-electron chi connectivity index (χ2n) is 1.58. The Kier molecular flexibility index (Phi) is 8.08. The van der Waals surface area contributed by atoms with E-state index in [2.05, 4.69) is 41.7 Å². The zero-order valence-electron chi connectivity index (χ0n) is 6.10. The van der Waals surface area contributed by atoms with Gasteiger partial charge in [0, 0.05) is 5.75 Å². The predicted molar refractivity (Wildman–Crippen MR) is 53.6 cm³/mol. The maximum atomic E-state index is 4.91. The number of hydrogen-bond acceptors (Lipinski definition) is 1. The van der Waals surface area contributed by atoms with E-state index < -0.39 is 0 Å². The van der Waals surface area contributed by atoms with Crippen LogP contribution in [0.5, 0.6) is 5.75 Å². The minimum atomic E-state index is 0.754. The van der Waals surface area contributed by atoms with Crippen molar-refractivity contribution in [1.82, 2.24) is 0 Å². The van der Waals surface area contributed by atoms with Crippen LogP contribution in [0.2, 0.25) is 0 Å². The van der Waals surface area contributed by atoms with E-state index in [0.717, 1.165) is 10.2 Å². The molecule has 1 rings (SSSR count). The van der Waals surface area contributed by atoms with Crippen LogP contribution >= 0.6 is 35.7 Å². The van der Waals surface area contributed by atoms with Gasteiger partial charge in [-0.3, -0.25) is 0 Å². The van der Waals surface area contributed by atoms with Gasteiger partial charge in [-0.15, -0.1) is 12.1 Å². The Morgan fingerprint density at radius 1 is 1.64 bits per heavy atom. The normalized spacial score (nSPS) is 8.09. The zero-order chi connectivity index (χ0) is 8.69. The van der Waals surface area contributed by atoms with E-state index in [1.807, 2.05) is 18.2 Å². The molecule has 0 saturated carbocycles. The molecule has 0 radical (unpaired) electrons. The number of hydrogen-bond donors (Lipinski definition) is 0. The fourth-order valence-electron chi connectivity index (χ4n) is 0.536. The summed E-state index contributed by atoms with van der Waals surface area (Å²) in [6, 6.07) is 8.48. The third-order valence-electron chi connectivity index (χ3n) is 0.957. The molecule has 0 bridgehead atoms. The topological polar surface area (TPSA) is 9.23 Å². The molecule has 0 aliphatic heterocycles. The standard InChI is InChI=1S/C7H6BrO.HI.Zn/c1-9-7-4-2-3-6(8)5-7;;/h2-3,5H,1H3;1H;/q-1;;+2/p-1. The molecule has 0 heterocycles. The van der Waals surface area contributed by atoms with E-state index in [1.165, 1.54) is 14.8 Å². The van der Waals surface area contributed by atoms with Gasteiger partial charge in [-0.25, -0.2) is 0 Å². The van der Waals surface area contributed by atoms with E-state index in [1.54, 1.807) is 7.11 Å². The van der Waals surface area contributed by atoms with Crippen LogP contribution in [0.1, 0.15) is 0 Å². The summed E-state index contributed by atoms with van der Waals surface area (Å²) >= 11 is 6.92. The third kappa shape index (κ3) is 5.15. The van der Waals surface area contributed by atoms with Gasteiger partial charge in [0.25, 0.3) is 0 Å². The van der Waals surface area contributed by atoms with Crippen LogP contribution in [0.3, 0.4) is 0 Å². The first kappa shape index (κ1) is 11.9. The second-order valence-corrected chi connectivity index (χ2v) is 2.49. The first-order valence-electron chi connectivity index (χ1n) is 2.81. The number of methoxy groups -OCH3 is 1. The van der Waals surface area contributed by atoms with Gasteiger partial charge in [0.05, 0.1) is 7.11 Å². The van der Waals surface area contributed by atoms with Gasteiger partial charge in [-0.2, -0.15) is 12.1 Å². The molecule has 0 aliphatic carbocycles. The van der Waals surface area contributed by atoms with Gasteiger partial charge in [0.1, 0.15) is 0 Å². The average Bonchev–Trinajstić information content (AvgIpc) is 2.08. The fourth-order valence-corrected chi connectivity index (χ4v) is 0.876. The summed E-state index contributed by atoms with van der Waals surface area (Å²) in [5.74, 6) is 0.754. The summed E-state index contributed by atoms with van der Waals surface area (Å²) < 4.78 is 5.92.